The zero-order valence-electron chi connectivity index (χ0n) is 7.09. The normalized spacial score (nSPS) is 10.7. The fourth-order valence-corrected chi connectivity index (χ4v) is 1.42. The van der Waals surface area contributed by atoms with E-state index in [2.05, 4.69) is 0 Å². The van der Waals surface area contributed by atoms with E-state index in [-0.39, 0.29) is 11.7 Å². The molecule has 0 amide bonds. The summed E-state index contributed by atoms with van der Waals surface area (Å²) >= 11 is 5.52. The van der Waals surface area contributed by atoms with Gasteiger partial charge in [-0.3, -0.25) is 0 Å². The van der Waals surface area contributed by atoms with E-state index >= 15 is 0 Å². The maximum Gasteiger partial charge on any atom is 0.340 e. The van der Waals surface area contributed by atoms with Crippen LogP contribution < -0.4 is 5.63 Å². The van der Waals surface area contributed by atoms with Gasteiger partial charge in [0.15, 0.2) is 0 Å². The zero-order chi connectivity index (χ0) is 10.1. The molecule has 0 radical (unpaired) electrons. The van der Waals surface area contributed by atoms with Gasteiger partial charge in [0.1, 0.15) is 11.4 Å². The van der Waals surface area contributed by atoms with E-state index in [9.17, 15) is 9.18 Å². The van der Waals surface area contributed by atoms with Crippen molar-refractivity contribution in [1.29, 1.82) is 0 Å². The molecule has 2 aromatic rings. The third-order valence-corrected chi connectivity index (χ3v) is 2.20. The van der Waals surface area contributed by atoms with Crippen LogP contribution in [0.15, 0.2) is 33.5 Å². The lowest BCUT2D eigenvalue weighted by Crippen LogP contribution is -2.04. The third-order valence-electron chi connectivity index (χ3n) is 1.91. The molecule has 0 unspecified atom stereocenters. The number of alkyl halides is 1. The molecule has 4 heteroatoms. The number of halogens is 2. The van der Waals surface area contributed by atoms with Crippen molar-refractivity contribution < 1.29 is 8.81 Å². The van der Waals surface area contributed by atoms with Crippen LogP contribution in [0.25, 0.3) is 11.0 Å². The van der Waals surface area contributed by atoms with Crippen molar-refractivity contribution in [3.63, 3.8) is 0 Å². The molecule has 0 aliphatic carbocycles. The molecule has 1 heterocycles. The molecule has 0 N–H and O–H groups in total. The molecule has 2 rings (SSSR count). The maximum atomic E-state index is 12.8. The van der Waals surface area contributed by atoms with Gasteiger partial charge in [-0.15, -0.1) is 11.6 Å². The van der Waals surface area contributed by atoms with Crippen LogP contribution in [-0.4, -0.2) is 0 Å². The van der Waals surface area contributed by atoms with Crippen molar-refractivity contribution in [2.45, 2.75) is 5.88 Å². The van der Waals surface area contributed by atoms with Gasteiger partial charge in [0, 0.05) is 5.39 Å². The van der Waals surface area contributed by atoms with Gasteiger partial charge in [-0.05, 0) is 24.3 Å². The van der Waals surface area contributed by atoms with Crippen LogP contribution in [0.4, 0.5) is 4.39 Å². The average molecular weight is 213 g/mol. The first-order valence-electron chi connectivity index (χ1n) is 3.99. The molecule has 2 nitrogen and oxygen atoms in total. The second kappa shape index (κ2) is 3.42. The van der Waals surface area contributed by atoms with Gasteiger partial charge in [-0.2, -0.15) is 0 Å². The molecule has 0 aliphatic heterocycles. The van der Waals surface area contributed by atoms with E-state index in [1.54, 1.807) is 0 Å². The predicted octanol–water partition coefficient (Wildman–Crippen LogP) is 2.67. The van der Waals surface area contributed by atoms with E-state index < -0.39 is 5.63 Å². The van der Waals surface area contributed by atoms with E-state index in [1.807, 2.05) is 0 Å². The largest absolute Gasteiger partial charge is 0.422 e. The Bertz CT molecular complexity index is 533. The molecule has 0 aliphatic rings. The number of benzene rings is 1. The summed E-state index contributed by atoms with van der Waals surface area (Å²) in [6, 6.07) is 5.50. The molecule has 0 atom stereocenters. The molecular formula is C10H6ClFO2. The minimum absolute atomic E-state index is 0.0643. The van der Waals surface area contributed by atoms with Gasteiger partial charge in [0.2, 0.25) is 0 Å². The van der Waals surface area contributed by atoms with Crippen LogP contribution in [0, 0.1) is 5.82 Å². The first-order chi connectivity index (χ1) is 6.70. The van der Waals surface area contributed by atoms with Crippen molar-refractivity contribution in [1.82, 2.24) is 0 Å². The number of fused-ring (bicyclic) bond motifs is 1. The average Bonchev–Trinajstić information content (AvgIpc) is 2.17. The van der Waals surface area contributed by atoms with Crippen molar-refractivity contribution in [3.05, 3.63) is 46.1 Å². The standard InChI is InChI=1S/C10H6ClFO2/c11-5-7-3-6-4-8(12)1-2-9(6)14-10(7)13/h1-4H,5H2. The topological polar surface area (TPSA) is 30.2 Å². The lowest BCUT2D eigenvalue weighted by molar-refractivity contribution is 0.552. The van der Waals surface area contributed by atoms with Crippen LogP contribution in [0.1, 0.15) is 5.56 Å². The Kier molecular flexibility index (Phi) is 2.25. The first-order valence-corrected chi connectivity index (χ1v) is 4.52. The molecule has 14 heavy (non-hydrogen) atoms. The zero-order valence-corrected chi connectivity index (χ0v) is 7.84. The number of hydrogen-bond donors (Lipinski definition) is 0. The fraction of sp³-hybridized carbons (Fsp3) is 0.100. The Morgan fingerprint density at radius 2 is 2.14 bits per heavy atom. The van der Waals surface area contributed by atoms with Gasteiger partial charge in [-0.25, -0.2) is 9.18 Å². The Morgan fingerprint density at radius 3 is 2.86 bits per heavy atom. The molecule has 72 valence electrons. The van der Waals surface area contributed by atoms with Crippen LogP contribution in [-0.2, 0) is 5.88 Å². The lowest BCUT2D eigenvalue weighted by atomic mass is 10.2. The minimum Gasteiger partial charge on any atom is -0.422 e. The van der Waals surface area contributed by atoms with Crippen LogP contribution >= 0.6 is 11.6 Å². The molecule has 0 saturated carbocycles. The summed E-state index contributed by atoms with van der Waals surface area (Å²) in [6.45, 7) is 0. The van der Waals surface area contributed by atoms with Crippen molar-refractivity contribution in [2.75, 3.05) is 0 Å². The summed E-state index contributed by atoms with van der Waals surface area (Å²) in [5, 5.41) is 0.542. The highest BCUT2D eigenvalue weighted by atomic mass is 35.5. The predicted molar refractivity (Wildman–Crippen MR) is 52.0 cm³/mol. The molecule has 1 aromatic heterocycles. The number of rotatable bonds is 1. The summed E-state index contributed by atoms with van der Waals surface area (Å²) in [7, 11) is 0. The summed E-state index contributed by atoms with van der Waals surface area (Å²) in [5.41, 5.74) is 0.231. The summed E-state index contributed by atoms with van der Waals surface area (Å²) in [5.74, 6) is -0.304. The Morgan fingerprint density at radius 1 is 1.36 bits per heavy atom. The Hall–Kier alpha value is -1.35. The first kappa shape index (κ1) is 9.21. The molecule has 0 saturated heterocycles. The minimum atomic E-state index is -0.473. The molecule has 0 spiro atoms. The van der Waals surface area contributed by atoms with Crippen molar-refractivity contribution in [3.8, 4) is 0 Å². The van der Waals surface area contributed by atoms with Gasteiger partial charge in [0.25, 0.3) is 0 Å². The van der Waals surface area contributed by atoms with Gasteiger partial charge in [-0.1, -0.05) is 0 Å². The third kappa shape index (κ3) is 1.51. The van der Waals surface area contributed by atoms with Crippen molar-refractivity contribution in [2.24, 2.45) is 0 Å². The highest BCUT2D eigenvalue weighted by molar-refractivity contribution is 6.17. The summed E-state index contributed by atoms with van der Waals surface area (Å²) in [6.07, 6.45) is 0. The highest BCUT2D eigenvalue weighted by Crippen LogP contribution is 2.15. The highest BCUT2D eigenvalue weighted by Gasteiger charge is 2.04. The van der Waals surface area contributed by atoms with Gasteiger partial charge >= 0.3 is 5.63 Å². The molecule has 0 fully saturated rings. The quantitative estimate of drug-likeness (QED) is 0.537. The smallest absolute Gasteiger partial charge is 0.340 e. The maximum absolute atomic E-state index is 12.8. The summed E-state index contributed by atoms with van der Waals surface area (Å²) < 4.78 is 17.8. The molecule has 1 aromatic carbocycles. The van der Waals surface area contributed by atoms with Crippen LogP contribution in [0.5, 0.6) is 0 Å². The van der Waals surface area contributed by atoms with E-state index in [0.717, 1.165) is 0 Å². The van der Waals surface area contributed by atoms with Crippen molar-refractivity contribution >= 4 is 22.6 Å². The summed E-state index contributed by atoms with van der Waals surface area (Å²) in [4.78, 5) is 11.2. The SMILES string of the molecule is O=c1oc2ccc(F)cc2cc1CCl. The van der Waals surface area contributed by atoms with E-state index in [1.165, 1.54) is 24.3 Å². The van der Waals surface area contributed by atoms with E-state index in [0.29, 0.717) is 16.5 Å². The fourth-order valence-electron chi connectivity index (χ4n) is 1.23. The molecule has 0 bridgehead atoms. The second-order valence-corrected chi connectivity index (χ2v) is 3.14. The Labute approximate surface area is 83.9 Å². The van der Waals surface area contributed by atoms with Gasteiger partial charge in [0.05, 0.1) is 11.4 Å². The second-order valence-electron chi connectivity index (χ2n) is 2.87. The lowest BCUT2D eigenvalue weighted by Gasteiger charge is -1.98. The number of hydrogen-bond acceptors (Lipinski definition) is 2. The van der Waals surface area contributed by atoms with Crippen LogP contribution in [0.3, 0.4) is 0 Å². The van der Waals surface area contributed by atoms with Gasteiger partial charge < -0.3 is 4.42 Å². The monoisotopic (exact) mass is 212 g/mol. The Balaban J connectivity index is 2.80. The van der Waals surface area contributed by atoms with E-state index in [4.69, 9.17) is 16.0 Å². The van der Waals surface area contributed by atoms with Crippen LogP contribution in [0.2, 0.25) is 0 Å². The molecular weight excluding hydrogens is 207 g/mol.